The van der Waals surface area contributed by atoms with Crippen molar-refractivity contribution in [3.8, 4) is 17.3 Å². The Hall–Kier alpha value is -5.26. The van der Waals surface area contributed by atoms with Crippen LogP contribution in [0.5, 0.6) is 5.88 Å². The molecule has 16 nitrogen and oxygen atoms in total. The van der Waals surface area contributed by atoms with Gasteiger partial charge in [0, 0.05) is 43.1 Å². The molecule has 4 N–H and O–H groups in total. The Morgan fingerprint density at radius 2 is 1.73 bits per heavy atom. The minimum Gasteiger partial charge on any atom is -0.470 e. The number of hydrogen-bond acceptors (Lipinski definition) is 13. The second-order valence-electron chi connectivity index (χ2n) is 17.7. The fourth-order valence-corrected chi connectivity index (χ4v) is 10.6. The maximum Gasteiger partial charge on any atom is 0.408 e. The molecule has 2 aromatic heterocycles. The summed E-state index contributed by atoms with van der Waals surface area (Å²) in [5.41, 5.74) is 1.79. The second kappa shape index (κ2) is 17.1. The van der Waals surface area contributed by atoms with Gasteiger partial charge in [0.05, 0.1) is 17.8 Å². The van der Waals surface area contributed by atoms with Crippen LogP contribution in [-0.4, -0.2) is 108 Å². The molecule has 4 aromatic rings. The standard InChI is InChI=1S/C45H55N7O9S/c1-51(2)29-20-18-27(19-21-29)39-47-37-33-15-10-11-17-36(33)61-38(37)41(48-39)59-31-24-35-40(53)49-45(43(55)50-62(57,58)32-22-23-32)25-28(45)12-6-4-3-5-7-16-34(42(54)52(35)26-31)46-44(56)60-30-13-8-9-14-30/h6,10-12,15,17-21,28,30-32,34-35,40,49,53H,3-5,7-9,13-14,16,22-26H2,1-2H3,(H,46,56)(H,50,55)/b12-6-/t28-,31-,34+,35+,40?,45-/m1/s1. The highest BCUT2D eigenvalue weighted by atomic mass is 32.2. The molecule has 3 amide bonds. The van der Waals surface area contributed by atoms with E-state index in [-0.39, 0.29) is 37.3 Å². The van der Waals surface area contributed by atoms with Gasteiger partial charge in [-0.2, -0.15) is 4.98 Å². The molecule has 0 radical (unpaired) electrons. The van der Waals surface area contributed by atoms with Gasteiger partial charge in [-0.1, -0.05) is 37.1 Å². The lowest BCUT2D eigenvalue weighted by molar-refractivity contribution is -0.137. The van der Waals surface area contributed by atoms with Gasteiger partial charge < -0.3 is 34.1 Å². The number of amides is 3. The number of aromatic nitrogens is 2. The van der Waals surface area contributed by atoms with E-state index in [1.807, 2.05) is 79.7 Å². The number of nitrogens with one attached hydrogen (secondary N) is 3. The van der Waals surface area contributed by atoms with Crippen molar-refractivity contribution < 1.29 is 41.8 Å². The maximum absolute atomic E-state index is 14.8. The summed E-state index contributed by atoms with van der Waals surface area (Å²) in [7, 11) is 0.0317. The molecule has 4 heterocycles. The van der Waals surface area contributed by atoms with Gasteiger partial charge >= 0.3 is 6.09 Å². The SMILES string of the molecule is CN(C)c1ccc(-c2nc(O[C@@H]3C[C@H]4C(O)N[C@]5(C(=O)NS(=O)(=O)C6CC6)C[C@H]5/C=C\CCCCC[C@H](NC(=O)OC5CCCC5)C(=O)N4C3)c3oc4ccccc4c3n2)cc1. The summed E-state index contributed by atoms with van der Waals surface area (Å²) in [5, 5.41) is 18.3. The largest absolute Gasteiger partial charge is 0.470 e. The minimum absolute atomic E-state index is 0.00469. The van der Waals surface area contributed by atoms with Crippen LogP contribution in [0, 0.1) is 5.92 Å². The summed E-state index contributed by atoms with van der Waals surface area (Å²) in [4.78, 5) is 55.4. The quantitative estimate of drug-likeness (QED) is 0.158. The number of aliphatic hydroxyl groups is 1. The third-order valence-corrected chi connectivity index (χ3v) is 14.8. The molecule has 9 rings (SSSR count). The lowest BCUT2D eigenvalue weighted by Gasteiger charge is -2.33. The number of rotatable bonds is 9. The first kappa shape index (κ1) is 42.1. The molecule has 2 aliphatic heterocycles. The van der Waals surface area contributed by atoms with Gasteiger partial charge in [0.15, 0.2) is 5.82 Å². The number of hydrogen-bond donors (Lipinski definition) is 4. The zero-order valence-corrected chi connectivity index (χ0v) is 35.9. The number of benzene rings is 2. The van der Waals surface area contributed by atoms with Crippen molar-refractivity contribution in [3.63, 3.8) is 0 Å². The fourth-order valence-electron chi connectivity index (χ4n) is 9.20. The monoisotopic (exact) mass is 869 g/mol. The average molecular weight is 870 g/mol. The molecule has 4 fully saturated rings. The lowest BCUT2D eigenvalue weighted by atomic mass is 10.0. The average Bonchev–Trinajstić information content (AvgIpc) is 4.06. The molecule has 3 aliphatic carbocycles. The molecule has 0 spiro atoms. The van der Waals surface area contributed by atoms with E-state index in [2.05, 4.69) is 15.4 Å². The molecule has 17 heteroatoms. The highest BCUT2D eigenvalue weighted by Crippen LogP contribution is 2.47. The number of aliphatic hydroxyl groups excluding tert-OH is 1. The zero-order valence-electron chi connectivity index (χ0n) is 35.1. The Labute approximate surface area is 360 Å². The Morgan fingerprint density at radius 3 is 2.48 bits per heavy atom. The van der Waals surface area contributed by atoms with Gasteiger partial charge in [-0.05, 0) is 101 Å². The number of sulfonamides is 1. The number of ether oxygens (including phenoxy) is 2. The van der Waals surface area contributed by atoms with Gasteiger partial charge in [0.25, 0.3) is 11.8 Å². The molecule has 1 saturated heterocycles. The summed E-state index contributed by atoms with van der Waals surface area (Å²) in [6.45, 7) is -0.00469. The smallest absolute Gasteiger partial charge is 0.408 e. The van der Waals surface area contributed by atoms with Gasteiger partial charge in [0.2, 0.25) is 21.5 Å². The van der Waals surface area contributed by atoms with Crippen LogP contribution < -0.4 is 25.0 Å². The predicted molar refractivity (Wildman–Crippen MR) is 232 cm³/mol. The molecule has 2 aromatic carbocycles. The third-order valence-electron chi connectivity index (χ3n) is 13.0. The molecule has 62 heavy (non-hydrogen) atoms. The first-order valence-corrected chi connectivity index (χ1v) is 23.5. The van der Waals surface area contributed by atoms with E-state index in [4.69, 9.17) is 23.9 Å². The topological polar surface area (TPSA) is 206 Å². The zero-order chi connectivity index (χ0) is 43.2. The Bertz CT molecular complexity index is 2470. The first-order valence-electron chi connectivity index (χ1n) is 22.0. The normalized spacial score (nSPS) is 27.8. The van der Waals surface area contributed by atoms with E-state index in [0.717, 1.165) is 55.2 Å². The van der Waals surface area contributed by atoms with E-state index >= 15 is 0 Å². The molecule has 1 unspecified atom stereocenters. The van der Waals surface area contributed by atoms with E-state index in [9.17, 15) is 27.9 Å². The summed E-state index contributed by atoms with van der Waals surface area (Å²) in [5.74, 6) is -0.995. The lowest BCUT2D eigenvalue weighted by Crippen LogP contribution is -2.60. The summed E-state index contributed by atoms with van der Waals surface area (Å²) < 4.78 is 47.0. The van der Waals surface area contributed by atoms with Gasteiger partial charge in [-0.15, -0.1) is 0 Å². The number of para-hydroxylation sites is 1. The summed E-state index contributed by atoms with van der Waals surface area (Å²) in [6.07, 6.45) is 8.87. The summed E-state index contributed by atoms with van der Waals surface area (Å²) >= 11 is 0. The highest BCUT2D eigenvalue weighted by molar-refractivity contribution is 7.91. The molecule has 0 bridgehead atoms. The highest BCUT2D eigenvalue weighted by Gasteiger charge is 2.62. The van der Waals surface area contributed by atoms with Crippen molar-refractivity contribution in [1.29, 1.82) is 0 Å². The third kappa shape index (κ3) is 8.71. The first-order chi connectivity index (χ1) is 29.9. The molecule has 6 atom stereocenters. The van der Waals surface area contributed by atoms with Crippen LogP contribution in [0.3, 0.4) is 0 Å². The number of anilines is 1. The minimum atomic E-state index is -3.89. The molecule has 3 saturated carbocycles. The predicted octanol–water partition coefficient (Wildman–Crippen LogP) is 5.29. The number of carbonyl (C=O) groups is 3. The second-order valence-corrected chi connectivity index (χ2v) is 19.7. The molecular formula is C45H55N7O9S. The van der Waals surface area contributed by atoms with Gasteiger partial charge in [-0.25, -0.2) is 18.2 Å². The van der Waals surface area contributed by atoms with Crippen molar-refractivity contribution in [2.45, 2.75) is 125 Å². The Morgan fingerprint density at radius 1 is 0.968 bits per heavy atom. The fraction of sp³-hybridized carbons (Fsp3) is 0.533. The van der Waals surface area contributed by atoms with Crippen LogP contribution in [-0.2, 0) is 24.3 Å². The molecule has 330 valence electrons. The molecular weight excluding hydrogens is 815 g/mol. The van der Waals surface area contributed by atoms with Crippen LogP contribution in [0.15, 0.2) is 65.1 Å². The number of allylic oxidation sites excluding steroid dienone is 1. The van der Waals surface area contributed by atoms with Crippen LogP contribution in [0.25, 0.3) is 33.5 Å². The van der Waals surface area contributed by atoms with Gasteiger partial charge in [0.1, 0.15) is 41.1 Å². The van der Waals surface area contributed by atoms with Crippen molar-refractivity contribution in [2.75, 3.05) is 25.5 Å². The number of carbonyl (C=O) groups excluding carboxylic acids is 3. The van der Waals surface area contributed by atoms with E-state index < -0.39 is 63.1 Å². The van der Waals surface area contributed by atoms with Crippen molar-refractivity contribution >= 4 is 55.7 Å². The summed E-state index contributed by atoms with van der Waals surface area (Å²) in [6, 6.07) is 13.4. The van der Waals surface area contributed by atoms with E-state index in [1.54, 1.807) is 0 Å². The number of furan rings is 1. The van der Waals surface area contributed by atoms with Crippen molar-refractivity contribution in [3.05, 3.63) is 60.7 Å². The van der Waals surface area contributed by atoms with Crippen molar-refractivity contribution in [2.24, 2.45) is 5.92 Å². The number of fused-ring (bicyclic) bond motifs is 5. The van der Waals surface area contributed by atoms with Crippen LogP contribution in [0.4, 0.5) is 10.5 Å². The van der Waals surface area contributed by atoms with Crippen LogP contribution >= 0.6 is 0 Å². The van der Waals surface area contributed by atoms with Gasteiger partial charge in [-0.3, -0.25) is 19.6 Å². The Kier molecular flexibility index (Phi) is 11.6. The van der Waals surface area contributed by atoms with E-state index in [1.165, 1.54) is 4.90 Å². The number of nitrogens with zero attached hydrogens (tertiary/aromatic N) is 4. The number of alkyl carbamates (subject to hydrolysis) is 1. The maximum atomic E-state index is 14.8. The van der Waals surface area contributed by atoms with E-state index in [0.29, 0.717) is 54.6 Å². The van der Waals surface area contributed by atoms with Crippen molar-refractivity contribution in [1.82, 2.24) is 30.2 Å². The van der Waals surface area contributed by atoms with Crippen LogP contribution in [0.1, 0.15) is 83.5 Å². The molecule has 5 aliphatic rings. The Balaban J connectivity index is 1.05. The van der Waals surface area contributed by atoms with Crippen LogP contribution in [0.2, 0.25) is 0 Å².